The number of H-pyrrole nitrogens is 1. The quantitative estimate of drug-likeness (QED) is 0.546. The van der Waals surface area contributed by atoms with Gasteiger partial charge < -0.3 is 15.3 Å². The molecular weight excluding hydrogens is 346 g/mol. The molecule has 0 spiro atoms. The Hall–Kier alpha value is -3.00. The average Bonchev–Trinajstić information content (AvgIpc) is 3.36. The Morgan fingerprint density at radius 2 is 2.00 bits per heavy atom. The van der Waals surface area contributed by atoms with Gasteiger partial charge >= 0.3 is 0 Å². The van der Waals surface area contributed by atoms with E-state index in [1.807, 2.05) is 37.6 Å². The predicted molar refractivity (Wildman–Crippen MR) is 103 cm³/mol. The van der Waals surface area contributed by atoms with Crippen LogP contribution in [0.3, 0.4) is 0 Å². The molecule has 0 aliphatic carbocycles. The average molecular weight is 365 g/mol. The fourth-order valence-electron chi connectivity index (χ4n) is 2.95. The molecule has 3 N–H and O–H groups in total. The van der Waals surface area contributed by atoms with Crippen LogP contribution < -0.4 is 5.73 Å². The SMILES string of the molecule is Cc1ncc(-c2c(-c3ccccc3)ncn2CCCc2nnc(N)s2)[nH]1. The second-order valence-corrected chi connectivity index (χ2v) is 7.11. The topological polar surface area (TPSA) is 98.3 Å². The molecule has 0 amide bonds. The minimum absolute atomic E-state index is 0.516. The lowest BCUT2D eigenvalue weighted by Crippen LogP contribution is -2.01. The van der Waals surface area contributed by atoms with E-state index in [1.54, 1.807) is 0 Å². The Bertz CT molecular complexity index is 1000. The van der Waals surface area contributed by atoms with E-state index >= 15 is 0 Å². The molecule has 0 fully saturated rings. The summed E-state index contributed by atoms with van der Waals surface area (Å²) in [5.74, 6) is 0.885. The van der Waals surface area contributed by atoms with Gasteiger partial charge in [0, 0.05) is 18.5 Å². The first-order chi connectivity index (χ1) is 12.7. The van der Waals surface area contributed by atoms with Gasteiger partial charge in [0.2, 0.25) is 5.13 Å². The number of nitrogens with one attached hydrogen (secondary N) is 1. The molecule has 132 valence electrons. The van der Waals surface area contributed by atoms with Crippen molar-refractivity contribution in [1.29, 1.82) is 0 Å². The molecule has 0 saturated carbocycles. The number of nitrogens with zero attached hydrogens (tertiary/aromatic N) is 5. The van der Waals surface area contributed by atoms with E-state index in [-0.39, 0.29) is 0 Å². The molecule has 4 rings (SSSR count). The number of nitrogen functional groups attached to an aromatic ring is 1. The maximum Gasteiger partial charge on any atom is 0.203 e. The molecule has 0 radical (unpaired) electrons. The zero-order chi connectivity index (χ0) is 17.9. The summed E-state index contributed by atoms with van der Waals surface area (Å²) in [6.07, 6.45) is 5.53. The molecule has 0 saturated heterocycles. The fourth-order valence-corrected chi connectivity index (χ4v) is 3.60. The Labute approximate surface area is 155 Å². The summed E-state index contributed by atoms with van der Waals surface area (Å²) >= 11 is 1.44. The molecule has 4 aromatic rings. The summed E-state index contributed by atoms with van der Waals surface area (Å²) in [7, 11) is 0. The lowest BCUT2D eigenvalue weighted by molar-refractivity contribution is 0.642. The smallest absolute Gasteiger partial charge is 0.203 e. The lowest BCUT2D eigenvalue weighted by Gasteiger charge is -2.08. The summed E-state index contributed by atoms with van der Waals surface area (Å²) in [4.78, 5) is 12.4. The van der Waals surface area contributed by atoms with Crippen LogP contribution in [0.2, 0.25) is 0 Å². The van der Waals surface area contributed by atoms with Gasteiger partial charge in [-0.1, -0.05) is 41.7 Å². The molecule has 0 bridgehead atoms. The molecule has 0 unspecified atom stereocenters. The number of nitrogens with two attached hydrogens (primary N) is 1. The monoisotopic (exact) mass is 365 g/mol. The minimum atomic E-state index is 0.516. The number of rotatable bonds is 6. The van der Waals surface area contributed by atoms with Gasteiger partial charge in [0.25, 0.3) is 0 Å². The largest absolute Gasteiger partial charge is 0.374 e. The normalized spacial score (nSPS) is 11.1. The van der Waals surface area contributed by atoms with Gasteiger partial charge in [0.1, 0.15) is 10.8 Å². The standard InChI is InChI=1S/C18H19N7S/c1-12-20-10-14(22-12)17-16(13-6-3-2-4-7-13)21-11-25(17)9-5-8-15-23-24-18(19)26-15/h2-4,6-7,10-11H,5,8-9H2,1H3,(H2,19,24)(H,20,22). The summed E-state index contributed by atoms with van der Waals surface area (Å²) in [5, 5.41) is 9.43. The summed E-state index contributed by atoms with van der Waals surface area (Å²) in [5.41, 5.74) is 9.71. The lowest BCUT2D eigenvalue weighted by atomic mass is 10.1. The highest BCUT2D eigenvalue weighted by molar-refractivity contribution is 7.15. The van der Waals surface area contributed by atoms with E-state index in [1.165, 1.54) is 11.3 Å². The van der Waals surface area contributed by atoms with E-state index in [9.17, 15) is 0 Å². The van der Waals surface area contributed by atoms with Crippen molar-refractivity contribution in [3.63, 3.8) is 0 Å². The van der Waals surface area contributed by atoms with Crippen LogP contribution in [0.4, 0.5) is 5.13 Å². The van der Waals surface area contributed by atoms with Crippen LogP contribution in [-0.2, 0) is 13.0 Å². The Morgan fingerprint density at radius 3 is 2.69 bits per heavy atom. The fraction of sp³-hybridized carbons (Fsp3) is 0.222. The number of anilines is 1. The number of hydrogen-bond donors (Lipinski definition) is 2. The third kappa shape index (κ3) is 3.36. The Balaban J connectivity index is 1.62. The van der Waals surface area contributed by atoms with Gasteiger partial charge in [-0.25, -0.2) is 9.97 Å². The summed E-state index contributed by atoms with van der Waals surface area (Å²) in [6.45, 7) is 2.78. The van der Waals surface area contributed by atoms with Crippen LogP contribution in [0.5, 0.6) is 0 Å². The summed E-state index contributed by atoms with van der Waals surface area (Å²) in [6, 6.07) is 10.2. The first-order valence-corrected chi connectivity index (χ1v) is 9.23. The number of aryl methyl sites for hydroxylation is 3. The Kier molecular flexibility index (Phi) is 4.49. The molecule has 7 nitrogen and oxygen atoms in total. The maximum atomic E-state index is 5.65. The van der Waals surface area contributed by atoms with Crippen LogP contribution in [0.15, 0.2) is 42.9 Å². The van der Waals surface area contributed by atoms with Crippen molar-refractivity contribution in [2.24, 2.45) is 0 Å². The minimum Gasteiger partial charge on any atom is -0.374 e. The highest BCUT2D eigenvalue weighted by Gasteiger charge is 2.16. The van der Waals surface area contributed by atoms with Crippen LogP contribution >= 0.6 is 11.3 Å². The second kappa shape index (κ2) is 7.09. The van der Waals surface area contributed by atoms with Crippen molar-refractivity contribution < 1.29 is 0 Å². The van der Waals surface area contributed by atoms with Crippen LogP contribution in [0.1, 0.15) is 17.3 Å². The summed E-state index contributed by atoms with van der Waals surface area (Å²) < 4.78 is 2.17. The van der Waals surface area contributed by atoms with Crippen LogP contribution in [-0.4, -0.2) is 29.7 Å². The first kappa shape index (κ1) is 16.5. The predicted octanol–water partition coefficient (Wildman–Crippen LogP) is 3.32. The molecule has 3 heterocycles. The zero-order valence-electron chi connectivity index (χ0n) is 14.4. The van der Waals surface area contributed by atoms with Crippen LogP contribution in [0, 0.1) is 6.92 Å². The molecule has 26 heavy (non-hydrogen) atoms. The molecule has 0 aliphatic heterocycles. The number of benzene rings is 1. The number of aromatic amines is 1. The van der Waals surface area contributed by atoms with Crippen molar-refractivity contribution in [1.82, 2.24) is 29.7 Å². The van der Waals surface area contributed by atoms with E-state index in [2.05, 4.69) is 41.8 Å². The van der Waals surface area contributed by atoms with Crippen molar-refractivity contribution in [2.75, 3.05) is 5.73 Å². The third-order valence-electron chi connectivity index (χ3n) is 4.12. The van der Waals surface area contributed by atoms with Gasteiger partial charge in [0.05, 0.1) is 29.6 Å². The van der Waals surface area contributed by atoms with Gasteiger partial charge in [0.15, 0.2) is 0 Å². The van der Waals surface area contributed by atoms with Crippen molar-refractivity contribution >= 4 is 16.5 Å². The first-order valence-electron chi connectivity index (χ1n) is 8.41. The highest BCUT2D eigenvalue weighted by atomic mass is 32.1. The molecule has 0 atom stereocenters. The number of hydrogen-bond acceptors (Lipinski definition) is 6. The number of aromatic nitrogens is 6. The van der Waals surface area contributed by atoms with Crippen LogP contribution in [0.25, 0.3) is 22.6 Å². The third-order valence-corrected chi connectivity index (χ3v) is 4.93. The van der Waals surface area contributed by atoms with E-state index in [4.69, 9.17) is 5.73 Å². The molecule has 3 aromatic heterocycles. The molecular formula is C18H19N7S. The van der Waals surface area contributed by atoms with Gasteiger partial charge in [-0.2, -0.15) is 0 Å². The number of imidazole rings is 2. The molecule has 8 heteroatoms. The second-order valence-electron chi connectivity index (χ2n) is 6.02. The van der Waals surface area contributed by atoms with Crippen molar-refractivity contribution in [2.45, 2.75) is 26.3 Å². The van der Waals surface area contributed by atoms with Crippen molar-refractivity contribution in [3.05, 3.63) is 53.7 Å². The van der Waals surface area contributed by atoms with E-state index in [0.29, 0.717) is 5.13 Å². The van der Waals surface area contributed by atoms with Crippen molar-refractivity contribution in [3.8, 4) is 22.6 Å². The molecule has 1 aromatic carbocycles. The van der Waals surface area contributed by atoms with Gasteiger partial charge in [-0.3, -0.25) is 0 Å². The van der Waals surface area contributed by atoms with E-state index in [0.717, 1.165) is 52.9 Å². The van der Waals surface area contributed by atoms with Gasteiger partial charge in [-0.05, 0) is 13.3 Å². The zero-order valence-corrected chi connectivity index (χ0v) is 15.2. The highest BCUT2D eigenvalue weighted by Crippen LogP contribution is 2.30. The maximum absolute atomic E-state index is 5.65. The van der Waals surface area contributed by atoms with Gasteiger partial charge in [-0.15, -0.1) is 10.2 Å². The molecule has 0 aliphatic rings. The Morgan fingerprint density at radius 1 is 1.15 bits per heavy atom. The van der Waals surface area contributed by atoms with E-state index < -0.39 is 0 Å².